The van der Waals surface area contributed by atoms with Crippen molar-refractivity contribution in [1.82, 2.24) is 10.2 Å². The van der Waals surface area contributed by atoms with E-state index in [0.29, 0.717) is 18.8 Å². The first-order valence-electron chi connectivity index (χ1n) is 5.93. The second-order valence-corrected chi connectivity index (χ2v) is 4.21. The second kappa shape index (κ2) is 6.84. The van der Waals surface area contributed by atoms with E-state index >= 15 is 0 Å². The van der Waals surface area contributed by atoms with E-state index in [9.17, 15) is 14.0 Å². The van der Waals surface area contributed by atoms with Gasteiger partial charge in [-0.2, -0.15) is 0 Å². The molecule has 0 atom stereocenters. The van der Waals surface area contributed by atoms with Crippen molar-refractivity contribution in [3.05, 3.63) is 29.6 Å². The molecule has 0 radical (unpaired) electrons. The van der Waals surface area contributed by atoms with Crippen molar-refractivity contribution in [3.63, 3.8) is 0 Å². The molecule has 0 saturated carbocycles. The summed E-state index contributed by atoms with van der Waals surface area (Å²) in [6.07, 6.45) is 0. The number of amides is 2. The van der Waals surface area contributed by atoms with Gasteiger partial charge in [0.25, 0.3) is 5.91 Å². The highest BCUT2D eigenvalue weighted by molar-refractivity contribution is 5.96. The van der Waals surface area contributed by atoms with Gasteiger partial charge in [0.1, 0.15) is 5.82 Å². The van der Waals surface area contributed by atoms with Gasteiger partial charge < -0.3 is 15.5 Å². The third-order valence-electron chi connectivity index (χ3n) is 2.56. The summed E-state index contributed by atoms with van der Waals surface area (Å²) in [6.45, 7) is 2.44. The van der Waals surface area contributed by atoms with Gasteiger partial charge in [-0.1, -0.05) is 0 Å². The Kier molecular flexibility index (Phi) is 5.44. The smallest absolute Gasteiger partial charge is 0.256 e. The highest BCUT2D eigenvalue weighted by Crippen LogP contribution is 2.16. The molecular weight excluding hydrogens is 249 g/mol. The zero-order valence-electron chi connectivity index (χ0n) is 11.3. The van der Waals surface area contributed by atoms with Crippen molar-refractivity contribution in [3.8, 4) is 0 Å². The van der Waals surface area contributed by atoms with Crippen LogP contribution < -0.4 is 10.6 Å². The molecule has 0 bridgehead atoms. The molecule has 0 aromatic heterocycles. The topological polar surface area (TPSA) is 61.4 Å². The number of carbonyl (C=O) groups is 2. The van der Waals surface area contributed by atoms with Gasteiger partial charge in [0, 0.05) is 32.7 Å². The van der Waals surface area contributed by atoms with Gasteiger partial charge in [0.05, 0.1) is 5.56 Å². The molecule has 19 heavy (non-hydrogen) atoms. The summed E-state index contributed by atoms with van der Waals surface area (Å²) in [6, 6.07) is 3.93. The summed E-state index contributed by atoms with van der Waals surface area (Å²) in [5, 5.41) is 5.43. The first-order valence-corrected chi connectivity index (χ1v) is 5.93. The Morgan fingerprint density at radius 2 is 2.05 bits per heavy atom. The van der Waals surface area contributed by atoms with Gasteiger partial charge in [-0.3, -0.25) is 9.59 Å². The van der Waals surface area contributed by atoms with E-state index in [0.717, 1.165) is 0 Å². The lowest BCUT2D eigenvalue weighted by Crippen LogP contribution is -2.33. The van der Waals surface area contributed by atoms with Crippen LogP contribution in [0.15, 0.2) is 18.2 Å². The van der Waals surface area contributed by atoms with E-state index in [1.54, 1.807) is 14.1 Å². The van der Waals surface area contributed by atoms with Crippen LogP contribution >= 0.6 is 0 Å². The maximum atomic E-state index is 13.7. The molecule has 6 heteroatoms. The standard InChI is InChI=1S/C13H18FN3O2/c1-9(18)16-10-4-5-12(14)11(8-10)13(19)17(3)7-6-15-2/h4-5,8,15H,6-7H2,1-3H3,(H,16,18). The molecular formula is C13H18FN3O2. The van der Waals surface area contributed by atoms with Gasteiger partial charge in [0.2, 0.25) is 5.91 Å². The summed E-state index contributed by atoms with van der Waals surface area (Å²) in [5.41, 5.74) is 0.351. The monoisotopic (exact) mass is 267 g/mol. The number of benzene rings is 1. The SMILES string of the molecule is CNCCN(C)C(=O)c1cc(NC(C)=O)ccc1F. The predicted molar refractivity (Wildman–Crippen MR) is 71.6 cm³/mol. The van der Waals surface area contributed by atoms with E-state index in [-0.39, 0.29) is 11.5 Å². The van der Waals surface area contributed by atoms with Gasteiger partial charge in [0.15, 0.2) is 0 Å². The van der Waals surface area contributed by atoms with Crippen molar-refractivity contribution in [2.75, 3.05) is 32.5 Å². The van der Waals surface area contributed by atoms with Crippen molar-refractivity contribution in [2.24, 2.45) is 0 Å². The molecule has 1 aromatic carbocycles. The van der Waals surface area contributed by atoms with Crippen LogP contribution in [0.5, 0.6) is 0 Å². The maximum absolute atomic E-state index is 13.7. The van der Waals surface area contributed by atoms with Crippen LogP contribution in [0.1, 0.15) is 17.3 Å². The van der Waals surface area contributed by atoms with Crippen molar-refractivity contribution < 1.29 is 14.0 Å². The highest BCUT2D eigenvalue weighted by Gasteiger charge is 2.16. The van der Waals surface area contributed by atoms with E-state index < -0.39 is 11.7 Å². The van der Waals surface area contributed by atoms with Crippen molar-refractivity contribution in [2.45, 2.75) is 6.92 Å². The third-order valence-corrected chi connectivity index (χ3v) is 2.56. The van der Waals surface area contributed by atoms with Gasteiger partial charge >= 0.3 is 0 Å². The summed E-state index contributed by atoms with van der Waals surface area (Å²) in [5.74, 6) is -1.29. The lowest BCUT2D eigenvalue weighted by Gasteiger charge is -2.17. The van der Waals surface area contributed by atoms with Gasteiger partial charge in [-0.05, 0) is 25.2 Å². The van der Waals surface area contributed by atoms with Crippen LogP contribution in [-0.2, 0) is 4.79 Å². The van der Waals surface area contributed by atoms with E-state index in [1.807, 2.05) is 0 Å². The Morgan fingerprint density at radius 1 is 1.37 bits per heavy atom. The van der Waals surface area contributed by atoms with Crippen LogP contribution in [0.25, 0.3) is 0 Å². The normalized spacial score (nSPS) is 10.1. The van der Waals surface area contributed by atoms with Crippen LogP contribution in [0.4, 0.5) is 10.1 Å². The Bertz CT molecular complexity index is 477. The Labute approximate surface area is 111 Å². The molecule has 0 heterocycles. The molecule has 0 fully saturated rings. The predicted octanol–water partition coefficient (Wildman–Crippen LogP) is 1.08. The van der Waals surface area contributed by atoms with Crippen molar-refractivity contribution >= 4 is 17.5 Å². The van der Waals surface area contributed by atoms with Gasteiger partial charge in [-0.25, -0.2) is 4.39 Å². The number of nitrogens with one attached hydrogen (secondary N) is 2. The molecule has 0 aliphatic carbocycles. The molecule has 0 unspecified atom stereocenters. The summed E-state index contributed by atoms with van der Waals surface area (Å²) >= 11 is 0. The Morgan fingerprint density at radius 3 is 2.63 bits per heavy atom. The lowest BCUT2D eigenvalue weighted by molar-refractivity contribution is -0.114. The number of hydrogen-bond donors (Lipinski definition) is 2. The average molecular weight is 267 g/mol. The van der Waals surface area contributed by atoms with E-state index in [2.05, 4.69) is 10.6 Å². The minimum atomic E-state index is -0.601. The molecule has 0 aliphatic heterocycles. The largest absolute Gasteiger partial charge is 0.340 e. The fourth-order valence-electron chi connectivity index (χ4n) is 1.56. The fourth-order valence-corrected chi connectivity index (χ4v) is 1.56. The van der Waals surface area contributed by atoms with E-state index in [1.165, 1.54) is 30.0 Å². The molecule has 0 spiro atoms. The summed E-state index contributed by atoms with van der Waals surface area (Å²) in [7, 11) is 3.38. The molecule has 2 amide bonds. The Hall–Kier alpha value is -1.95. The Balaban J connectivity index is 2.91. The van der Waals surface area contributed by atoms with Crippen LogP contribution in [0, 0.1) is 5.82 Å². The molecule has 0 saturated heterocycles. The number of nitrogens with zero attached hydrogens (tertiary/aromatic N) is 1. The summed E-state index contributed by atoms with van der Waals surface area (Å²) in [4.78, 5) is 24.4. The first kappa shape index (κ1) is 15.1. The molecule has 0 aliphatic rings. The van der Waals surface area contributed by atoms with Crippen LogP contribution in [-0.4, -0.2) is 43.9 Å². The second-order valence-electron chi connectivity index (χ2n) is 4.21. The lowest BCUT2D eigenvalue weighted by atomic mass is 10.1. The first-order chi connectivity index (χ1) is 8.95. The number of carbonyl (C=O) groups excluding carboxylic acids is 2. The average Bonchev–Trinajstić information content (AvgIpc) is 2.36. The zero-order chi connectivity index (χ0) is 14.4. The third kappa shape index (κ3) is 4.33. The molecule has 1 rings (SSSR count). The van der Waals surface area contributed by atoms with Crippen LogP contribution in [0.3, 0.4) is 0 Å². The highest BCUT2D eigenvalue weighted by atomic mass is 19.1. The molecule has 2 N–H and O–H groups in total. The number of halogens is 1. The van der Waals surface area contributed by atoms with Crippen LogP contribution in [0.2, 0.25) is 0 Å². The maximum Gasteiger partial charge on any atom is 0.256 e. The number of anilines is 1. The molecule has 104 valence electrons. The minimum absolute atomic E-state index is 0.0511. The number of likely N-dealkylation sites (N-methyl/N-ethyl adjacent to an activating group) is 2. The number of rotatable bonds is 5. The van der Waals surface area contributed by atoms with Gasteiger partial charge in [-0.15, -0.1) is 0 Å². The summed E-state index contributed by atoms with van der Waals surface area (Å²) < 4.78 is 13.7. The fraction of sp³-hybridized carbons (Fsp3) is 0.385. The van der Waals surface area contributed by atoms with Crippen molar-refractivity contribution in [1.29, 1.82) is 0 Å². The number of hydrogen-bond acceptors (Lipinski definition) is 3. The quantitative estimate of drug-likeness (QED) is 0.839. The zero-order valence-corrected chi connectivity index (χ0v) is 11.3. The minimum Gasteiger partial charge on any atom is -0.340 e. The van der Waals surface area contributed by atoms with E-state index in [4.69, 9.17) is 0 Å². The molecule has 1 aromatic rings. The molecule has 5 nitrogen and oxygen atoms in total.